The number of nitrogens with zero attached hydrogens (tertiary/aromatic N) is 4. The monoisotopic (exact) mass is 242 g/mol. The summed E-state index contributed by atoms with van der Waals surface area (Å²) in [6.07, 6.45) is 2.01. The molecule has 0 aliphatic carbocycles. The van der Waals surface area contributed by atoms with Crippen LogP contribution >= 0.6 is 0 Å². The van der Waals surface area contributed by atoms with Crippen molar-refractivity contribution in [1.29, 1.82) is 0 Å². The first kappa shape index (κ1) is 10.1. The summed E-state index contributed by atoms with van der Waals surface area (Å²) in [6.45, 7) is 2.48. The van der Waals surface area contributed by atoms with Crippen LogP contribution < -0.4 is 4.90 Å². The Morgan fingerprint density at radius 3 is 2.94 bits per heavy atom. The minimum Gasteiger partial charge on any atom is -0.368 e. The first-order valence-corrected chi connectivity index (χ1v) is 6.22. The molecule has 1 fully saturated rings. The van der Waals surface area contributed by atoms with E-state index >= 15 is 0 Å². The van der Waals surface area contributed by atoms with Crippen LogP contribution in [-0.2, 0) is 11.3 Å². The number of hydrogen-bond donors (Lipinski definition) is 0. The second-order valence-electron chi connectivity index (χ2n) is 4.83. The van der Waals surface area contributed by atoms with E-state index in [-0.39, 0.29) is 12.1 Å². The molecule has 5 nitrogen and oxygen atoms in total. The van der Waals surface area contributed by atoms with E-state index in [0.29, 0.717) is 6.61 Å². The van der Waals surface area contributed by atoms with Crippen molar-refractivity contribution < 1.29 is 4.74 Å². The van der Waals surface area contributed by atoms with E-state index in [0.717, 1.165) is 18.8 Å². The third-order valence-corrected chi connectivity index (χ3v) is 3.77. The molecule has 0 bridgehead atoms. The predicted octanol–water partition coefficient (Wildman–Crippen LogP) is 1.24. The molecule has 92 valence electrons. The van der Waals surface area contributed by atoms with Crippen LogP contribution in [-0.4, -0.2) is 34.2 Å². The molecule has 0 N–H and O–H groups in total. The molecule has 4 rings (SSSR count). The van der Waals surface area contributed by atoms with E-state index in [1.54, 1.807) is 6.20 Å². The molecule has 1 aromatic heterocycles. The van der Waals surface area contributed by atoms with Crippen LogP contribution in [0, 0.1) is 0 Å². The molecule has 0 spiro atoms. The molecule has 0 unspecified atom stereocenters. The lowest BCUT2D eigenvalue weighted by atomic mass is 10.2. The van der Waals surface area contributed by atoms with Crippen LogP contribution in [0.5, 0.6) is 0 Å². The number of aromatic nitrogens is 3. The van der Waals surface area contributed by atoms with Crippen LogP contribution in [0.15, 0.2) is 36.5 Å². The van der Waals surface area contributed by atoms with Crippen molar-refractivity contribution in [2.75, 3.05) is 18.0 Å². The Bertz CT molecular complexity index is 553. The maximum atomic E-state index is 5.90. The molecule has 0 saturated carbocycles. The van der Waals surface area contributed by atoms with Crippen LogP contribution in [0.4, 0.5) is 5.69 Å². The van der Waals surface area contributed by atoms with Crippen molar-refractivity contribution in [3.8, 4) is 0 Å². The van der Waals surface area contributed by atoms with Gasteiger partial charge in [-0.2, -0.15) is 0 Å². The van der Waals surface area contributed by atoms with Gasteiger partial charge in [0.2, 0.25) is 0 Å². The van der Waals surface area contributed by atoms with E-state index in [4.69, 9.17) is 4.74 Å². The molecule has 2 aliphatic heterocycles. The zero-order chi connectivity index (χ0) is 11.9. The Morgan fingerprint density at radius 2 is 2.06 bits per heavy atom. The van der Waals surface area contributed by atoms with Crippen molar-refractivity contribution >= 4 is 5.69 Å². The smallest absolute Gasteiger partial charge is 0.0996 e. The minimum atomic E-state index is 0.222. The third kappa shape index (κ3) is 1.44. The Hall–Kier alpha value is -1.88. The Balaban J connectivity index is 1.64. The summed E-state index contributed by atoms with van der Waals surface area (Å²) in [6, 6.07) is 10.7. The van der Waals surface area contributed by atoms with Gasteiger partial charge in [0.05, 0.1) is 30.6 Å². The quantitative estimate of drug-likeness (QED) is 0.754. The van der Waals surface area contributed by atoms with Gasteiger partial charge in [-0.3, -0.25) is 0 Å². The summed E-state index contributed by atoms with van der Waals surface area (Å²) in [5.74, 6) is 0. The van der Waals surface area contributed by atoms with Gasteiger partial charge in [-0.1, -0.05) is 23.4 Å². The highest BCUT2D eigenvalue weighted by molar-refractivity contribution is 5.47. The Labute approximate surface area is 105 Å². The first-order chi connectivity index (χ1) is 8.92. The molecule has 2 aromatic rings. The summed E-state index contributed by atoms with van der Waals surface area (Å²) < 4.78 is 7.92. The lowest BCUT2D eigenvalue weighted by molar-refractivity contribution is -0.00253. The summed E-state index contributed by atoms with van der Waals surface area (Å²) in [5.41, 5.74) is 2.32. The van der Waals surface area contributed by atoms with Crippen molar-refractivity contribution in [3.63, 3.8) is 0 Å². The largest absolute Gasteiger partial charge is 0.368 e. The molecule has 5 heteroatoms. The van der Waals surface area contributed by atoms with E-state index < -0.39 is 0 Å². The molecule has 0 radical (unpaired) electrons. The van der Waals surface area contributed by atoms with Gasteiger partial charge < -0.3 is 9.64 Å². The van der Waals surface area contributed by atoms with Gasteiger partial charge in [0.1, 0.15) is 0 Å². The fraction of sp³-hybridized carbons (Fsp3) is 0.385. The van der Waals surface area contributed by atoms with E-state index in [1.165, 1.54) is 5.69 Å². The van der Waals surface area contributed by atoms with Crippen molar-refractivity contribution in [1.82, 2.24) is 15.0 Å². The number of fused-ring (bicyclic) bond motifs is 3. The van der Waals surface area contributed by atoms with Gasteiger partial charge in [0.15, 0.2) is 0 Å². The third-order valence-electron chi connectivity index (χ3n) is 3.77. The standard InChI is InChI=1S/C13H14N4O/c1-2-4-10(5-3-1)16-7-12-13(8-16)18-9-11-6-14-15-17(11)12/h1-6,12-13H,7-9H2/t12-,13-/m0/s1. The molecule has 2 aliphatic rings. The van der Waals surface area contributed by atoms with Crippen LogP contribution in [0.1, 0.15) is 11.7 Å². The molecular formula is C13H14N4O. The summed E-state index contributed by atoms with van der Waals surface area (Å²) >= 11 is 0. The van der Waals surface area contributed by atoms with E-state index in [9.17, 15) is 0 Å². The van der Waals surface area contributed by atoms with Crippen molar-refractivity contribution in [2.45, 2.75) is 18.8 Å². The molecule has 1 aromatic carbocycles. The predicted molar refractivity (Wildman–Crippen MR) is 66.3 cm³/mol. The van der Waals surface area contributed by atoms with Gasteiger partial charge >= 0.3 is 0 Å². The second-order valence-corrected chi connectivity index (χ2v) is 4.83. The normalized spacial score (nSPS) is 25.9. The van der Waals surface area contributed by atoms with E-state index in [2.05, 4.69) is 39.5 Å². The minimum absolute atomic E-state index is 0.222. The first-order valence-electron chi connectivity index (χ1n) is 6.22. The fourth-order valence-electron chi connectivity index (χ4n) is 2.84. The van der Waals surface area contributed by atoms with Gasteiger partial charge in [-0.05, 0) is 12.1 Å². The van der Waals surface area contributed by atoms with Gasteiger partial charge in [0, 0.05) is 18.8 Å². The molecule has 1 saturated heterocycles. The van der Waals surface area contributed by atoms with Crippen molar-refractivity contribution in [2.24, 2.45) is 0 Å². The summed E-state index contributed by atoms with van der Waals surface area (Å²) in [4.78, 5) is 2.35. The van der Waals surface area contributed by atoms with Crippen molar-refractivity contribution in [3.05, 3.63) is 42.2 Å². The van der Waals surface area contributed by atoms with E-state index in [1.807, 2.05) is 10.7 Å². The maximum Gasteiger partial charge on any atom is 0.0996 e. The Kier molecular flexibility index (Phi) is 2.14. The zero-order valence-electron chi connectivity index (χ0n) is 9.94. The number of ether oxygens (including phenoxy) is 1. The number of hydrogen-bond acceptors (Lipinski definition) is 4. The van der Waals surface area contributed by atoms with Gasteiger partial charge in [-0.15, -0.1) is 5.10 Å². The summed E-state index contributed by atoms with van der Waals surface area (Å²) in [7, 11) is 0. The number of rotatable bonds is 1. The molecular weight excluding hydrogens is 228 g/mol. The second kappa shape index (κ2) is 3.81. The fourth-order valence-corrected chi connectivity index (χ4v) is 2.84. The topological polar surface area (TPSA) is 43.2 Å². The average molecular weight is 242 g/mol. The lowest BCUT2D eigenvalue weighted by Gasteiger charge is -2.25. The average Bonchev–Trinajstić information content (AvgIpc) is 3.05. The SMILES string of the molecule is c1ccc(N2C[C@@H]3OCc4cnnn4[C@H]3C2)cc1. The maximum absolute atomic E-state index is 5.90. The van der Waals surface area contributed by atoms with Gasteiger partial charge in [0.25, 0.3) is 0 Å². The number of benzene rings is 1. The molecule has 0 amide bonds. The highest BCUT2D eigenvalue weighted by Crippen LogP contribution is 2.32. The zero-order valence-corrected chi connectivity index (χ0v) is 9.94. The lowest BCUT2D eigenvalue weighted by Crippen LogP contribution is -2.32. The Morgan fingerprint density at radius 1 is 1.17 bits per heavy atom. The molecule has 2 atom stereocenters. The van der Waals surface area contributed by atoms with Gasteiger partial charge in [-0.25, -0.2) is 4.68 Å². The number of anilines is 1. The van der Waals surface area contributed by atoms with Crippen LogP contribution in [0.25, 0.3) is 0 Å². The van der Waals surface area contributed by atoms with Crippen LogP contribution in [0.3, 0.4) is 0 Å². The summed E-state index contributed by atoms with van der Waals surface area (Å²) in [5, 5.41) is 8.16. The molecule has 3 heterocycles. The van der Waals surface area contributed by atoms with Crippen LogP contribution in [0.2, 0.25) is 0 Å². The highest BCUT2D eigenvalue weighted by atomic mass is 16.5. The highest BCUT2D eigenvalue weighted by Gasteiger charge is 2.39. The molecule has 18 heavy (non-hydrogen) atoms. The number of para-hydroxylation sites is 1.